The summed E-state index contributed by atoms with van der Waals surface area (Å²) >= 11 is 0. The van der Waals surface area contributed by atoms with Crippen molar-refractivity contribution in [3.63, 3.8) is 0 Å². The van der Waals surface area contributed by atoms with E-state index in [1.165, 1.54) is 5.69 Å². The predicted octanol–water partition coefficient (Wildman–Crippen LogP) is 2.05. The summed E-state index contributed by atoms with van der Waals surface area (Å²) in [6.45, 7) is 6.12. The van der Waals surface area contributed by atoms with Crippen LogP contribution in [0.15, 0.2) is 18.2 Å². The third-order valence-electron chi connectivity index (χ3n) is 3.29. The summed E-state index contributed by atoms with van der Waals surface area (Å²) in [4.78, 5) is 2.31. The molecular weight excluding hydrogens is 200 g/mol. The molecule has 0 bridgehead atoms. The molecule has 0 aliphatic carbocycles. The maximum absolute atomic E-state index is 9.96. The van der Waals surface area contributed by atoms with Crippen molar-refractivity contribution in [1.29, 1.82) is 0 Å². The number of fused-ring (bicyclic) bond motifs is 1. The van der Waals surface area contributed by atoms with Crippen LogP contribution >= 0.6 is 0 Å². The Bertz CT molecular complexity index is 376. The van der Waals surface area contributed by atoms with Crippen molar-refractivity contribution in [3.8, 4) is 5.75 Å². The average molecular weight is 220 g/mol. The fourth-order valence-corrected chi connectivity index (χ4v) is 2.63. The molecule has 88 valence electrons. The Morgan fingerprint density at radius 2 is 2.31 bits per heavy atom. The molecule has 0 spiro atoms. The normalized spacial score (nSPS) is 20.9. The quantitative estimate of drug-likeness (QED) is 0.819. The molecule has 3 heteroatoms. The Balaban J connectivity index is 2.35. The smallest absolute Gasteiger partial charge is 0.121 e. The van der Waals surface area contributed by atoms with Crippen LogP contribution in [0.3, 0.4) is 0 Å². The molecule has 0 radical (unpaired) electrons. The van der Waals surface area contributed by atoms with Crippen molar-refractivity contribution in [3.05, 3.63) is 23.8 Å². The monoisotopic (exact) mass is 220 g/mol. The lowest BCUT2D eigenvalue weighted by molar-refractivity contribution is 0.458. The van der Waals surface area contributed by atoms with E-state index in [9.17, 15) is 5.11 Å². The van der Waals surface area contributed by atoms with Crippen molar-refractivity contribution >= 4 is 5.69 Å². The standard InChI is InChI=1S/C13H20N2O/c1-3-15-8-10(7-9(2)14)13-11(15)5-4-6-12(13)16/h4-6,9-10,16H,3,7-8,14H2,1-2H3. The Morgan fingerprint density at radius 3 is 2.94 bits per heavy atom. The van der Waals surface area contributed by atoms with Gasteiger partial charge in [-0.2, -0.15) is 0 Å². The van der Waals surface area contributed by atoms with Crippen LogP contribution in [0.5, 0.6) is 5.75 Å². The van der Waals surface area contributed by atoms with Crippen molar-refractivity contribution in [1.82, 2.24) is 0 Å². The summed E-state index contributed by atoms with van der Waals surface area (Å²) in [7, 11) is 0. The molecule has 2 unspecified atom stereocenters. The Kier molecular flexibility index (Phi) is 3.06. The largest absolute Gasteiger partial charge is 0.508 e. The molecule has 3 nitrogen and oxygen atoms in total. The predicted molar refractivity (Wildman–Crippen MR) is 67.0 cm³/mol. The molecule has 0 aromatic heterocycles. The van der Waals surface area contributed by atoms with Crippen molar-refractivity contribution in [2.45, 2.75) is 32.2 Å². The van der Waals surface area contributed by atoms with Crippen LogP contribution in [0.4, 0.5) is 5.69 Å². The maximum Gasteiger partial charge on any atom is 0.121 e. The Morgan fingerprint density at radius 1 is 1.56 bits per heavy atom. The van der Waals surface area contributed by atoms with E-state index < -0.39 is 0 Å². The van der Waals surface area contributed by atoms with Crippen LogP contribution in [0.2, 0.25) is 0 Å². The minimum absolute atomic E-state index is 0.175. The van der Waals surface area contributed by atoms with E-state index in [0.29, 0.717) is 11.7 Å². The SMILES string of the molecule is CCN1CC(CC(C)N)c2c(O)cccc21. The number of hydrogen-bond acceptors (Lipinski definition) is 3. The second-order valence-corrected chi connectivity index (χ2v) is 4.66. The second kappa shape index (κ2) is 4.34. The van der Waals surface area contributed by atoms with E-state index in [1.54, 1.807) is 6.07 Å². The van der Waals surface area contributed by atoms with Crippen molar-refractivity contribution in [2.75, 3.05) is 18.0 Å². The van der Waals surface area contributed by atoms with Gasteiger partial charge in [0, 0.05) is 36.3 Å². The number of anilines is 1. The fraction of sp³-hybridized carbons (Fsp3) is 0.538. The summed E-state index contributed by atoms with van der Waals surface area (Å²) in [5, 5.41) is 9.96. The molecule has 1 aliphatic heterocycles. The van der Waals surface area contributed by atoms with Crippen LogP contribution in [-0.4, -0.2) is 24.2 Å². The van der Waals surface area contributed by atoms with Gasteiger partial charge in [0.2, 0.25) is 0 Å². The highest BCUT2D eigenvalue weighted by Gasteiger charge is 2.30. The first kappa shape index (κ1) is 11.3. The molecule has 0 saturated carbocycles. The molecule has 0 amide bonds. The first-order valence-electron chi connectivity index (χ1n) is 5.95. The van der Waals surface area contributed by atoms with Gasteiger partial charge in [-0.25, -0.2) is 0 Å². The topological polar surface area (TPSA) is 49.5 Å². The van der Waals surface area contributed by atoms with Gasteiger partial charge >= 0.3 is 0 Å². The van der Waals surface area contributed by atoms with Gasteiger partial charge in [-0.15, -0.1) is 0 Å². The van der Waals surface area contributed by atoms with Gasteiger partial charge in [0.25, 0.3) is 0 Å². The summed E-state index contributed by atoms with van der Waals surface area (Å²) in [6.07, 6.45) is 0.932. The highest BCUT2D eigenvalue weighted by atomic mass is 16.3. The van der Waals surface area contributed by atoms with Gasteiger partial charge in [0.1, 0.15) is 5.75 Å². The van der Waals surface area contributed by atoms with Gasteiger partial charge in [-0.05, 0) is 32.4 Å². The van der Waals surface area contributed by atoms with E-state index in [2.05, 4.69) is 17.9 Å². The molecule has 0 saturated heterocycles. The van der Waals surface area contributed by atoms with E-state index in [-0.39, 0.29) is 6.04 Å². The fourth-order valence-electron chi connectivity index (χ4n) is 2.63. The first-order valence-corrected chi connectivity index (χ1v) is 5.95. The number of phenolic OH excluding ortho intramolecular Hbond substituents is 1. The third-order valence-corrected chi connectivity index (χ3v) is 3.29. The number of benzene rings is 1. The number of hydrogen-bond donors (Lipinski definition) is 2. The Hall–Kier alpha value is -1.22. The number of nitrogens with zero attached hydrogens (tertiary/aromatic N) is 1. The van der Waals surface area contributed by atoms with E-state index in [1.807, 2.05) is 13.0 Å². The zero-order valence-corrected chi connectivity index (χ0v) is 9.98. The lowest BCUT2D eigenvalue weighted by Gasteiger charge is -2.17. The number of nitrogens with two attached hydrogens (primary N) is 1. The van der Waals surface area contributed by atoms with Crippen molar-refractivity contribution < 1.29 is 5.11 Å². The molecule has 2 rings (SSSR count). The van der Waals surface area contributed by atoms with Gasteiger partial charge in [0.15, 0.2) is 0 Å². The minimum Gasteiger partial charge on any atom is -0.508 e. The third kappa shape index (κ3) is 1.87. The van der Waals surface area contributed by atoms with Crippen LogP contribution in [0.25, 0.3) is 0 Å². The highest BCUT2D eigenvalue weighted by molar-refractivity contribution is 5.65. The van der Waals surface area contributed by atoms with Crippen LogP contribution in [0.1, 0.15) is 31.7 Å². The average Bonchev–Trinajstić information content (AvgIpc) is 2.57. The first-order chi connectivity index (χ1) is 7.63. The van der Waals surface area contributed by atoms with E-state index >= 15 is 0 Å². The number of aromatic hydroxyl groups is 1. The van der Waals surface area contributed by atoms with Gasteiger partial charge in [-0.1, -0.05) is 6.07 Å². The summed E-state index contributed by atoms with van der Waals surface area (Å²) < 4.78 is 0. The van der Waals surface area contributed by atoms with E-state index in [0.717, 1.165) is 25.1 Å². The maximum atomic E-state index is 9.96. The molecule has 1 aliphatic rings. The highest BCUT2D eigenvalue weighted by Crippen LogP contribution is 2.43. The molecule has 16 heavy (non-hydrogen) atoms. The molecule has 1 aromatic carbocycles. The molecular formula is C13H20N2O. The minimum atomic E-state index is 0.175. The zero-order valence-electron chi connectivity index (χ0n) is 9.98. The van der Waals surface area contributed by atoms with Crippen LogP contribution in [0, 0.1) is 0 Å². The van der Waals surface area contributed by atoms with Gasteiger partial charge < -0.3 is 15.7 Å². The number of rotatable bonds is 3. The second-order valence-electron chi connectivity index (χ2n) is 4.66. The Labute approximate surface area is 96.9 Å². The van der Waals surface area contributed by atoms with Gasteiger partial charge in [0.05, 0.1) is 0 Å². The van der Waals surface area contributed by atoms with E-state index in [4.69, 9.17) is 5.73 Å². The van der Waals surface area contributed by atoms with Crippen LogP contribution in [-0.2, 0) is 0 Å². The summed E-state index contributed by atoms with van der Waals surface area (Å²) in [5.74, 6) is 0.787. The summed E-state index contributed by atoms with van der Waals surface area (Å²) in [6, 6.07) is 5.94. The number of phenols is 1. The number of likely N-dealkylation sites (N-methyl/N-ethyl adjacent to an activating group) is 1. The molecule has 2 atom stereocenters. The van der Waals surface area contributed by atoms with Crippen LogP contribution < -0.4 is 10.6 Å². The molecule has 1 heterocycles. The summed E-state index contributed by atoms with van der Waals surface area (Å²) in [5.41, 5.74) is 8.13. The zero-order chi connectivity index (χ0) is 11.7. The molecule has 1 aromatic rings. The lowest BCUT2D eigenvalue weighted by atomic mass is 9.94. The molecule has 3 N–H and O–H groups in total. The molecule has 0 fully saturated rings. The van der Waals surface area contributed by atoms with Gasteiger partial charge in [-0.3, -0.25) is 0 Å². The van der Waals surface area contributed by atoms with Crippen molar-refractivity contribution in [2.24, 2.45) is 5.73 Å². The lowest BCUT2D eigenvalue weighted by Crippen LogP contribution is -2.24.